The van der Waals surface area contributed by atoms with Crippen LogP contribution in [0.3, 0.4) is 0 Å². The van der Waals surface area contributed by atoms with E-state index in [-0.39, 0.29) is 5.56 Å². The van der Waals surface area contributed by atoms with E-state index >= 15 is 0 Å². The normalized spacial score (nSPS) is 16.7. The zero-order chi connectivity index (χ0) is 16.3. The molecule has 0 spiro atoms. The van der Waals surface area contributed by atoms with Crippen LogP contribution >= 0.6 is 0 Å². The van der Waals surface area contributed by atoms with Crippen LogP contribution in [0.2, 0.25) is 0 Å². The first-order valence-electron chi connectivity index (χ1n) is 7.75. The van der Waals surface area contributed by atoms with Gasteiger partial charge in [-0.1, -0.05) is 6.42 Å². The third-order valence-corrected chi connectivity index (χ3v) is 4.19. The maximum Gasteiger partial charge on any atom is 0.260 e. The lowest BCUT2D eigenvalue weighted by molar-refractivity contribution is -0.0220. The van der Waals surface area contributed by atoms with Crippen molar-refractivity contribution in [3.05, 3.63) is 52.7 Å². The summed E-state index contributed by atoms with van der Waals surface area (Å²) < 4.78 is 0. The van der Waals surface area contributed by atoms with Gasteiger partial charge in [-0.25, -0.2) is 0 Å². The molecule has 1 aliphatic rings. The van der Waals surface area contributed by atoms with Crippen molar-refractivity contribution in [1.29, 1.82) is 0 Å². The number of amides is 1. The molecule has 3 N–H and O–H groups in total. The molecule has 3 rings (SSSR count). The van der Waals surface area contributed by atoms with Gasteiger partial charge in [-0.05, 0) is 55.0 Å². The minimum atomic E-state index is -1.21. The highest BCUT2D eigenvalue weighted by atomic mass is 16.3. The fourth-order valence-corrected chi connectivity index (χ4v) is 2.90. The van der Waals surface area contributed by atoms with E-state index in [2.05, 4.69) is 15.3 Å². The van der Waals surface area contributed by atoms with Gasteiger partial charge in [-0.15, -0.1) is 0 Å². The van der Waals surface area contributed by atoms with Gasteiger partial charge in [-0.3, -0.25) is 14.6 Å². The van der Waals surface area contributed by atoms with Gasteiger partial charge in [0.1, 0.15) is 11.3 Å². The van der Waals surface area contributed by atoms with Crippen LogP contribution in [0.15, 0.2) is 41.6 Å². The highest BCUT2D eigenvalue weighted by molar-refractivity contribution is 5.95. The molecule has 0 aromatic carbocycles. The Morgan fingerprint density at radius 2 is 1.87 bits per heavy atom. The van der Waals surface area contributed by atoms with Gasteiger partial charge in [0.25, 0.3) is 11.5 Å². The third kappa shape index (κ3) is 3.48. The average molecular weight is 313 g/mol. The van der Waals surface area contributed by atoms with Crippen molar-refractivity contribution < 1.29 is 9.90 Å². The second kappa shape index (κ2) is 6.34. The number of carbonyl (C=O) groups excluding carboxylic acids is 1. The molecule has 0 bridgehead atoms. The summed E-state index contributed by atoms with van der Waals surface area (Å²) in [7, 11) is 0. The first kappa shape index (κ1) is 15.4. The lowest BCUT2D eigenvalue weighted by atomic mass is 9.91. The van der Waals surface area contributed by atoms with Crippen LogP contribution in [0.1, 0.15) is 42.5 Å². The lowest BCUT2D eigenvalue weighted by Crippen LogP contribution is -2.50. The predicted molar refractivity (Wildman–Crippen MR) is 85.8 cm³/mol. The monoisotopic (exact) mass is 313 g/mol. The molecule has 6 heteroatoms. The summed E-state index contributed by atoms with van der Waals surface area (Å²) in [6.45, 7) is 0. The molecule has 6 nitrogen and oxygen atoms in total. The third-order valence-electron chi connectivity index (χ3n) is 4.19. The van der Waals surface area contributed by atoms with Gasteiger partial charge in [0.05, 0.1) is 0 Å². The Morgan fingerprint density at radius 1 is 1.17 bits per heavy atom. The highest BCUT2D eigenvalue weighted by Gasteiger charge is 2.31. The molecule has 2 heterocycles. The minimum Gasteiger partial charge on any atom is -0.371 e. The molecular weight excluding hydrogens is 294 g/mol. The van der Waals surface area contributed by atoms with Crippen molar-refractivity contribution in [1.82, 2.24) is 15.3 Å². The van der Waals surface area contributed by atoms with E-state index in [1.807, 2.05) is 0 Å². The van der Waals surface area contributed by atoms with E-state index in [4.69, 9.17) is 0 Å². The molecule has 23 heavy (non-hydrogen) atoms. The zero-order valence-corrected chi connectivity index (χ0v) is 12.7. The number of carbonyl (C=O) groups is 1. The number of aromatic nitrogens is 2. The summed E-state index contributed by atoms with van der Waals surface area (Å²) >= 11 is 0. The average Bonchev–Trinajstić information content (AvgIpc) is 2.56. The Labute approximate surface area is 133 Å². The summed E-state index contributed by atoms with van der Waals surface area (Å²) in [5, 5.41) is 13.0. The molecule has 1 aliphatic carbocycles. The summed E-state index contributed by atoms with van der Waals surface area (Å²) in [5.74, 6) is -0.549. The Morgan fingerprint density at radius 3 is 2.57 bits per heavy atom. The molecule has 2 aromatic heterocycles. The Kier molecular flexibility index (Phi) is 4.25. The summed E-state index contributed by atoms with van der Waals surface area (Å²) in [6.07, 6.45) is 8.66. The highest BCUT2D eigenvalue weighted by Crippen LogP contribution is 2.26. The molecule has 1 saturated carbocycles. The van der Waals surface area contributed by atoms with Crippen molar-refractivity contribution in [2.75, 3.05) is 0 Å². The lowest BCUT2D eigenvalue weighted by Gasteiger charge is -2.32. The van der Waals surface area contributed by atoms with Gasteiger partial charge >= 0.3 is 0 Å². The van der Waals surface area contributed by atoms with Crippen LogP contribution in [0.25, 0.3) is 11.1 Å². The first-order chi connectivity index (χ1) is 11.1. The first-order valence-corrected chi connectivity index (χ1v) is 7.75. The van der Waals surface area contributed by atoms with Crippen molar-refractivity contribution in [3.63, 3.8) is 0 Å². The molecule has 120 valence electrons. The second-order valence-corrected chi connectivity index (χ2v) is 5.91. The predicted octanol–water partition coefficient (Wildman–Crippen LogP) is 1.82. The van der Waals surface area contributed by atoms with Crippen LogP contribution in [0, 0.1) is 0 Å². The molecule has 0 saturated heterocycles. The minimum absolute atomic E-state index is 0.00156. The van der Waals surface area contributed by atoms with Gasteiger partial charge < -0.3 is 15.4 Å². The molecule has 0 atom stereocenters. The van der Waals surface area contributed by atoms with E-state index in [1.54, 1.807) is 30.7 Å². The van der Waals surface area contributed by atoms with E-state index in [0.717, 1.165) is 24.8 Å². The molecule has 2 aromatic rings. The van der Waals surface area contributed by atoms with Gasteiger partial charge in [0, 0.05) is 18.6 Å². The number of hydrogen-bond acceptors (Lipinski definition) is 4. The van der Waals surface area contributed by atoms with Crippen molar-refractivity contribution in [2.45, 2.75) is 37.8 Å². The van der Waals surface area contributed by atoms with E-state index in [1.165, 1.54) is 6.07 Å². The van der Waals surface area contributed by atoms with Crippen molar-refractivity contribution >= 4 is 5.91 Å². The molecule has 0 unspecified atom stereocenters. The van der Waals surface area contributed by atoms with Crippen molar-refractivity contribution in [3.8, 4) is 11.1 Å². The maximum atomic E-state index is 12.4. The SMILES string of the molecule is O=C(NC1(O)CCCCC1)c1cc(-c2ccncc2)c[nH]c1=O. The summed E-state index contributed by atoms with van der Waals surface area (Å²) in [6, 6.07) is 5.13. The topological polar surface area (TPSA) is 95.1 Å². The number of hydrogen-bond donors (Lipinski definition) is 3. The molecule has 1 amide bonds. The van der Waals surface area contributed by atoms with E-state index in [9.17, 15) is 14.7 Å². The number of H-pyrrole nitrogens is 1. The second-order valence-electron chi connectivity index (χ2n) is 5.91. The molecular formula is C17H19N3O3. The molecule has 0 aliphatic heterocycles. The number of nitrogens with zero attached hydrogens (tertiary/aromatic N) is 1. The zero-order valence-electron chi connectivity index (χ0n) is 12.7. The number of aliphatic hydroxyl groups is 1. The number of nitrogens with one attached hydrogen (secondary N) is 2. The number of aromatic amines is 1. The van der Waals surface area contributed by atoms with Crippen LogP contribution in [0.5, 0.6) is 0 Å². The number of rotatable bonds is 3. The van der Waals surface area contributed by atoms with Crippen LogP contribution in [0.4, 0.5) is 0 Å². The van der Waals surface area contributed by atoms with E-state index in [0.29, 0.717) is 18.4 Å². The van der Waals surface area contributed by atoms with Crippen LogP contribution < -0.4 is 10.9 Å². The summed E-state index contributed by atoms with van der Waals surface area (Å²) in [5.41, 5.74) is -0.124. The largest absolute Gasteiger partial charge is 0.371 e. The summed E-state index contributed by atoms with van der Waals surface area (Å²) in [4.78, 5) is 30.9. The molecule has 1 fully saturated rings. The molecule has 0 radical (unpaired) electrons. The van der Waals surface area contributed by atoms with Gasteiger partial charge in [0.2, 0.25) is 0 Å². The van der Waals surface area contributed by atoms with Crippen LogP contribution in [-0.4, -0.2) is 26.7 Å². The Hall–Kier alpha value is -2.47. The van der Waals surface area contributed by atoms with E-state index < -0.39 is 17.2 Å². The smallest absolute Gasteiger partial charge is 0.260 e. The standard InChI is InChI=1S/C17H19N3O3/c21-15-14(16(22)20-17(23)6-2-1-3-7-17)10-13(11-19-15)12-4-8-18-9-5-12/h4-5,8-11,23H,1-3,6-7H2,(H,19,21)(H,20,22). The maximum absolute atomic E-state index is 12.4. The Bertz CT molecular complexity index is 749. The number of pyridine rings is 2. The fourth-order valence-electron chi connectivity index (χ4n) is 2.90. The van der Waals surface area contributed by atoms with Gasteiger partial charge in [-0.2, -0.15) is 0 Å². The van der Waals surface area contributed by atoms with Crippen LogP contribution in [-0.2, 0) is 0 Å². The Balaban J connectivity index is 1.87. The van der Waals surface area contributed by atoms with Crippen molar-refractivity contribution in [2.24, 2.45) is 0 Å². The fraction of sp³-hybridized carbons (Fsp3) is 0.353. The quantitative estimate of drug-likeness (QED) is 0.753. The van der Waals surface area contributed by atoms with Gasteiger partial charge in [0.15, 0.2) is 0 Å².